The van der Waals surface area contributed by atoms with Crippen molar-refractivity contribution in [1.29, 1.82) is 0 Å². The van der Waals surface area contributed by atoms with Gasteiger partial charge in [-0.1, -0.05) is 42.5 Å². The van der Waals surface area contributed by atoms with E-state index in [9.17, 15) is 4.79 Å². The molecule has 1 aliphatic rings. The molecule has 0 bridgehead atoms. The van der Waals surface area contributed by atoms with Gasteiger partial charge in [0.1, 0.15) is 0 Å². The minimum absolute atomic E-state index is 0.0196. The van der Waals surface area contributed by atoms with Gasteiger partial charge in [0.05, 0.1) is 18.1 Å². The fourth-order valence-electron chi connectivity index (χ4n) is 3.63. The second kappa shape index (κ2) is 8.73. The van der Waals surface area contributed by atoms with Crippen LogP contribution in [0.4, 0.5) is 5.69 Å². The van der Waals surface area contributed by atoms with E-state index in [1.54, 1.807) is 6.20 Å². The third kappa shape index (κ3) is 4.37. The zero-order chi connectivity index (χ0) is 20.1. The molecule has 1 aromatic heterocycles. The number of fused-ring (bicyclic) bond motifs is 1. The van der Waals surface area contributed by atoms with Crippen molar-refractivity contribution in [1.82, 2.24) is 15.6 Å². The molecule has 6 nitrogen and oxygen atoms in total. The molecule has 1 fully saturated rings. The number of carbonyl (C=O) groups excluding carboxylic acids is 1. The number of nitrogens with zero attached hydrogens (tertiary/aromatic N) is 3. The second-order valence-electron chi connectivity index (χ2n) is 7.07. The van der Waals surface area contributed by atoms with Gasteiger partial charge >= 0.3 is 0 Å². The molecule has 4 rings (SSSR count). The average molecular weight is 387 g/mol. The minimum Gasteiger partial charge on any atom is -0.357 e. The molecule has 2 N–H and O–H groups in total. The van der Waals surface area contributed by atoms with Crippen molar-refractivity contribution in [2.45, 2.75) is 25.9 Å². The van der Waals surface area contributed by atoms with Gasteiger partial charge in [0, 0.05) is 36.8 Å². The zero-order valence-corrected chi connectivity index (χ0v) is 16.5. The smallest absolute Gasteiger partial charge is 0.229 e. The standard InChI is InChI=1S/C23H25N5O/c1-2-24-23(26-15-18-9-6-8-17-10-7-13-25-22(17)18)27-19-14-21(29)28(16-19)20-11-4-3-5-12-20/h3-13,19H,2,14-16H2,1H3,(H2,24,26,27). The number of aromatic nitrogens is 1. The lowest BCUT2D eigenvalue weighted by Gasteiger charge is -2.19. The first-order chi connectivity index (χ1) is 14.2. The molecule has 2 aromatic carbocycles. The number of anilines is 1. The summed E-state index contributed by atoms with van der Waals surface area (Å²) < 4.78 is 0. The third-order valence-electron chi connectivity index (χ3n) is 5.00. The molecule has 29 heavy (non-hydrogen) atoms. The Morgan fingerprint density at radius 1 is 1.14 bits per heavy atom. The van der Waals surface area contributed by atoms with Crippen molar-refractivity contribution in [2.75, 3.05) is 18.0 Å². The molecule has 0 radical (unpaired) electrons. The molecule has 1 saturated heterocycles. The molecule has 0 aliphatic carbocycles. The Balaban J connectivity index is 1.47. The van der Waals surface area contributed by atoms with Gasteiger partial charge in [-0.15, -0.1) is 0 Å². The number of carbonyl (C=O) groups is 1. The summed E-state index contributed by atoms with van der Waals surface area (Å²) in [6, 6.07) is 19.9. The van der Waals surface area contributed by atoms with Gasteiger partial charge in [0.15, 0.2) is 5.96 Å². The fraction of sp³-hybridized carbons (Fsp3) is 0.261. The third-order valence-corrected chi connectivity index (χ3v) is 5.00. The first-order valence-corrected chi connectivity index (χ1v) is 9.97. The van der Waals surface area contributed by atoms with Crippen LogP contribution >= 0.6 is 0 Å². The number of rotatable bonds is 5. The number of pyridine rings is 1. The Labute approximate surface area is 170 Å². The van der Waals surface area contributed by atoms with Crippen molar-refractivity contribution in [3.63, 3.8) is 0 Å². The fourth-order valence-corrected chi connectivity index (χ4v) is 3.63. The van der Waals surface area contributed by atoms with Crippen LogP contribution in [0.2, 0.25) is 0 Å². The van der Waals surface area contributed by atoms with Crippen LogP contribution in [0, 0.1) is 0 Å². The summed E-state index contributed by atoms with van der Waals surface area (Å²) in [5.41, 5.74) is 2.99. The maximum Gasteiger partial charge on any atom is 0.229 e. The lowest BCUT2D eigenvalue weighted by molar-refractivity contribution is -0.117. The van der Waals surface area contributed by atoms with E-state index >= 15 is 0 Å². The van der Waals surface area contributed by atoms with Crippen molar-refractivity contribution in [3.05, 3.63) is 72.4 Å². The Bertz CT molecular complexity index is 1010. The maximum absolute atomic E-state index is 12.5. The summed E-state index contributed by atoms with van der Waals surface area (Å²) in [7, 11) is 0. The number of amides is 1. The summed E-state index contributed by atoms with van der Waals surface area (Å²) in [5, 5.41) is 7.82. The van der Waals surface area contributed by atoms with E-state index in [0.717, 1.165) is 28.7 Å². The molecule has 2 heterocycles. The van der Waals surface area contributed by atoms with Crippen molar-refractivity contribution in [3.8, 4) is 0 Å². The van der Waals surface area contributed by atoms with E-state index in [0.29, 0.717) is 25.5 Å². The van der Waals surface area contributed by atoms with Crippen molar-refractivity contribution < 1.29 is 4.79 Å². The van der Waals surface area contributed by atoms with Gasteiger partial charge in [-0.05, 0) is 30.7 Å². The van der Waals surface area contributed by atoms with Gasteiger partial charge in [-0.2, -0.15) is 0 Å². The Hall–Kier alpha value is -3.41. The monoisotopic (exact) mass is 387 g/mol. The number of aliphatic imine (C=N–C) groups is 1. The van der Waals surface area contributed by atoms with Crippen molar-refractivity contribution in [2.24, 2.45) is 4.99 Å². The molecule has 1 atom stereocenters. The summed E-state index contributed by atoms with van der Waals surface area (Å²) in [6.07, 6.45) is 2.26. The second-order valence-corrected chi connectivity index (χ2v) is 7.07. The van der Waals surface area contributed by atoms with Crippen LogP contribution in [-0.2, 0) is 11.3 Å². The summed E-state index contributed by atoms with van der Waals surface area (Å²) >= 11 is 0. The highest BCUT2D eigenvalue weighted by Gasteiger charge is 2.31. The Kier molecular flexibility index (Phi) is 5.70. The van der Waals surface area contributed by atoms with Crippen LogP contribution in [0.3, 0.4) is 0 Å². The molecule has 0 saturated carbocycles. The van der Waals surface area contributed by atoms with Crippen LogP contribution in [0.15, 0.2) is 71.9 Å². The number of benzene rings is 2. The topological polar surface area (TPSA) is 69.6 Å². The predicted molar refractivity (Wildman–Crippen MR) is 117 cm³/mol. The van der Waals surface area contributed by atoms with Crippen molar-refractivity contribution >= 4 is 28.5 Å². The van der Waals surface area contributed by atoms with Gasteiger partial charge in [-0.3, -0.25) is 9.78 Å². The van der Waals surface area contributed by atoms with E-state index < -0.39 is 0 Å². The SMILES string of the molecule is CCNC(=NCc1cccc2cccnc12)NC1CC(=O)N(c2ccccc2)C1. The Morgan fingerprint density at radius 3 is 2.79 bits per heavy atom. The molecule has 1 aliphatic heterocycles. The quantitative estimate of drug-likeness (QED) is 0.521. The lowest BCUT2D eigenvalue weighted by Crippen LogP contribution is -2.44. The first kappa shape index (κ1) is 18.9. The summed E-state index contributed by atoms with van der Waals surface area (Å²) in [4.78, 5) is 23.5. The molecule has 1 unspecified atom stereocenters. The van der Waals surface area contributed by atoms with Crippen LogP contribution in [0.1, 0.15) is 18.9 Å². The Morgan fingerprint density at radius 2 is 1.97 bits per heavy atom. The van der Waals surface area contributed by atoms with E-state index in [4.69, 9.17) is 4.99 Å². The summed E-state index contributed by atoms with van der Waals surface area (Å²) in [5.74, 6) is 0.843. The number of hydrogen-bond acceptors (Lipinski definition) is 3. The van der Waals surface area contributed by atoms with Crippen LogP contribution in [-0.4, -0.2) is 36.0 Å². The van der Waals surface area contributed by atoms with Crippen LogP contribution in [0.5, 0.6) is 0 Å². The normalized spacial score (nSPS) is 17.0. The highest BCUT2D eigenvalue weighted by Crippen LogP contribution is 2.21. The molecule has 6 heteroatoms. The molecule has 148 valence electrons. The van der Waals surface area contributed by atoms with Gasteiger partial charge in [0.2, 0.25) is 5.91 Å². The van der Waals surface area contributed by atoms with E-state index in [1.807, 2.05) is 54.3 Å². The highest BCUT2D eigenvalue weighted by atomic mass is 16.2. The minimum atomic E-state index is 0.0196. The van der Waals surface area contributed by atoms with E-state index in [1.165, 1.54) is 0 Å². The maximum atomic E-state index is 12.5. The highest BCUT2D eigenvalue weighted by molar-refractivity contribution is 5.97. The molecular formula is C23H25N5O. The zero-order valence-electron chi connectivity index (χ0n) is 16.5. The number of hydrogen-bond donors (Lipinski definition) is 2. The van der Waals surface area contributed by atoms with Gasteiger partial charge < -0.3 is 15.5 Å². The molecule has 0 spiro atoms. The van der Waals surface area contributed by atoms with E-state index in [2.05, 4.69) is 33.8 Å². The first-order valence-electron chi connectivity index (χ1n) is 9.97. The number of para-hydroxylation sites is 2. The van der Waals surface area contributed by atoms with Crippen LogP contribution in [0.25, 0.3) is 10.9 Å². The lowest BCUT2D eigenvalue weighted by atomic mass is 10.1. The molecule has 1 amide bonds. The molecule has 3 aromatic rings. The predicted octanol–water partition coefficient (Wildman–Crippen LogP) is 3.10. The van der Waals surface area contributed by atoms with Crippen LogP contribution < -0.4 is 15.5 Å². The number of nitrogens with one attached hydrogen (secondary N) is 2. The average Bonchev–Trinajstić information content (AvgIpc) is 3.13. The van der Waals surface area contributed by atoms with Gasteiger partial charge in [0.25, 0.3) is 0 Å². The largest absolute Gasteiger partial charge is 0.357 e. The van der Waals surface area contributed by atoms with E-state index in [-0.39, 0.29) is 11.9 Å². The van der Waals surface area contributed by atoms with Gasteiger partial charge in [-0.25, -0.2) is 4.99 Å². The number of guanidine groups is 1. The molecular weight excluding hydrogens is 362 g/mol. The summed E-state index contributed by atoms with van der Waals surface area (Å²) in [6.45, 7) is 3.94.